The van der Waals surface area contributed by atoms with Crippen molar-refractivity contribution >= 4 is 35.0 Å². The topological polar surface area (TPSA) is 66.5 Å². The Balaban J connectivity index is 1.98. The molecule has 0 bridgehead atoms. The lowest BCUT2D eigenvalue weighted by atomic mass is 9.88. The van der Waals surface area contributed by atoms with Crippen LogP contribution in [0.3, 0.4) is 0 Å². The van der Waals surface area contributed by atoms with E-state index in [1.165, 1.54) is 49.5 Å². The van der Waals surface area contributed by atoms with Crippen LogP contribution in [0.2, 0.25) is 5.02 Å². The molecule has 1 heterocycles. The summed E-state index contributed by atoms with van der Waals surface area (Å²) in [6.07, 6.45) is 0. The smallest absolute Gasteiger partial charge is 0.260 e. The van der Waals surface area contributed by atoms with Gasteiger partial charge in [0.05, 0.1) is 0 Å². The van der Waals surface area contributed by atoms with E-state index in [1.807, 2.05) is 0 Å². The monoisotopic (exact) mass is 346 g/mol. The van der Waals surface area contributed by atoms with Gasteiger partial charge in [-0.05, 0) is 42.0 Å². The molecule has 122 valence electrons. The number of rotatable bonds is 2. The Hall–Kier alpha value is -2.73. The van der Waals surface area contributed by atoms with Crippen LogP contribution in [0.15, 0.2) is 42.5 Å². The summed E-state index contributed by atoms with van der Waals surface area (Å²) in [4.78, 5) is 38.1. The number of carbonyl (C=O) groups excluding carboxylic acids is 3. The second-order valence-corrected chi connectivity index (χ2v) is 5.80. The number of hydrogen-bond acceptors (Lipinski definition) is 3. The lowest BCUT2D eigenvalue weighted by Gasteiger charge is -2.29. The first-order valence-corrected chi connectivity index (χ1v) is 7.44. The van der Waals surface area contributed by atoms with Gasteiger partial charge >= 0.3 is 0 Å². The number of halogens is 2. The number of nitrogens with one attached hydrogen (secondary N) is 1. The molecule has 0 aromatic heterocycles. The van der Waals surface area contributed by atoms with Gasteiger partial charge in [0, 0.05) is 23.3 Å². The average molecular weight is 347 g/mol. The highest BCUT2D eigenvalue weighted by molar-refractivity contribution is 6.31. The van der Waals surface area contributed by atoms with E-state index in [1.54, 1.807) is 0 Å². The second kappa shape index (κ2) is 6.05. The summed E-state index contributed by atoms with van der Waals surface area (Å²) in [6.45, 7) is 0. The molecular formula is C17H12ClFN2O3. The lowest BCUT2D eigenvalue weighted by molar-refractivity contribution is -0.134. The molecule has 1 N–H and O–H groups in total. The van der Waals surface area contributed by atoms with Crippen LogP contribution in [0.1, 0.15) is 21.8 Å². The van der Waals surface area contributed by atoms with Crippen molar-refractivity contribution in [3.63, 3.8) is 0 Å². The summed E-state index contributed by atoms with van der Waals surface area (Å²) in [5, 5.41) is 2.90. The third-order valence-corrected chi connectivity index (χ3v) is 4.05. The zero-order valence-corrected chi connectivity index (χ0v) is 13.3. The minimum absolute atomic E-state index is 0.212. The van der Waals surface area contributed by atoms with E-state index < -0.39 is 29.5 Å². The third kappa shape index (κ3) is 2.76. The number of likely N-dealkylation sites (N-methyl/N-ethyl adjacent to an activating group) is 1. The Morgan fingerprint density at radius 1 is 1.17 bits per heavy atom. The predicted octanol–water partition coefficient (Wildman–Crippen LogP) is 2.81. The zero-order valence-electron chi connectivity index (χ0n) is 12.5. The van der Waals surface area contributed by atoms with Crippen LogP contribution in [0, 0.1) is 5.82 Å². The van der Waals surface area contributed by atoms with Gasteiger partial charge in [-0.15, -0.1) is 0 Å². The largest absolute Gasteiger partial charge is 0.325 e. The fourth-order valence-electron chi connectivity index (χ4n) is 2.57. The summed E-state index contributed by atoms with van der Waals surface area (Å²) in [7, 11) is 1.31. The number of benzene rings is 2. The number of anilines is 1. The van der Waals surface area contributed by atoms with Crippen molar-refractivity contribution in [3.8, 4) is 0 Å². The highest BCUT2D eigenvalue weighted by Gasteiger charge is 2.41. The summed E-state index contributed by atoms with van der Waals surface area (Å²) >= 11 is 5.91. The first-order valence-electron chi connectivity index (χ1n) is 7.06. The van der Waals surface area contributed by atoms with E-state index in [0.717, 1.165) is 4.90 Å². The van der Waals surface area contributed by atoms with Crippen LogP contribution in [0.5, 0.6) is 0 Å². The van der Waals surface area contributed by atoms with Gasteiger partial charge in [-0.1, -0.05) is 17.7 Å². The van der Waals surface area contributed by atoms with Crippen molar-refractivity contribution in [2.24, 2.45) is 0 Å². The average Bonchev–Trinajstić information content (AvgIpc) is 2.56. The van der Waals surface area contributed by atoms with E-state index in [4.69, 9.17) is 11.6 Å². The Morgan fingerprint density at radius 2 is 1.83 bits per heavy atom. The summed E-state index contributed by atoms with van der Waals surface area (Å²) in [5.41, 5.74) is 0.861. The molecule has 1 atom stereocenters. The lowest BCUT2D eigenvalue weighted by Crippen LogP contribution is -2.46. The summed E-state index contributed by atoms with van der Waals surface area (Å²) in [5.74, 6) is -3.36. The number of carbonyl (C=O) groups is 3. The third-order valence-electron chi connectivity index (χ3n) is 3.81. The Bertz CT molecular complexity index is 851. The van der Waals surface area contributed by atoms with E-state index in [-0.39, 0.29) is 5.56 Å². The van der Waals surface area contributed by atoms with Crippen molar-refractivity contribution in [3.05, 3.63) is 64.4 Å². The van der Waals surface area contributed by atoms with E-state index >= 15 is 0 Å². The van der Waals surface area contributed by atoms with Gasteiger partial charge in [-0.25, -0.2) is 4.39 Å². The molecule has 0 saturated heterocycles. The van der Waals surface area contributed by atoms with Crippen LogP contribution in [0.25, 0.3) is 0 Å². The number of nitrogens with zero attached hydrogens (tertiary/aromatic N) is 1. The number of amides is 3. The molecule has 2 aromatic carbocycles. The normalized spacial score (nSPS) is 16.8. The molecule has 1 aliphatic rings. The molecular weight excluding hydrogens is 335 g/mol. The quantitative estimate of drug-likeness (QED) is 0.671. The zero-order chi connectivity index (χ0) is 17.4. The standard InChI is InChI=1S/C17H12ClFN2O3/c1-21-16(23)13-8-9(18)2-7-12(13)14(17(21)24)15(22)20-11-5-3-10(19)4-6-11/h2-8,14H,1H3,(H,20,22). The van der Waals surface area contributed by atoms with Crippen molar-refractivity contribution in [2.45, 2.75) is 5.92 Å². The first-order chi connectivity index (χ1) is 11.4. The van der Waals surface area contributed by atoms with Crippen molar-refractivity contribution in [2.75, 3.05) is 12.4 Å². The molecule has 3 amide bonds. The minimum atomic E-state index is -1.18. The molecule has 0 saturated carbocycles. The van der Waals surface area contributed by atoms with Gasteiger partial charge in [0.25, 0.3) is 5.91 Å². The Kier molecular flexibility index (Phi) is 4.07. The fourth-order valence-corrected chi connectivity index (χ4v) is 2.75. The molecule has 3 rings (SSSR count). The van der Waals surface area contributed by atoms with Gasteiger partial charge < -0.3 is 5.32 Å². The maximum Gasteiger partial charge on any atom is 0.260 e. The molecule has 0 spiro atoms. The van der Waals surface area contributed by atoms with Gasteiger partial charge in [0.1, 0.15) is 11.7 Å². The highest BCUT2D eigenvalue weighted by Crippen LogP contribution is 2.31. The molecule has 0 aliphatic carbocycles. The number of imide groups is 1. The second-order valence-electron chi connectivity index (χ2n) is 5.36. The molecule has 1 aliphatic heterocycles. The Morgan fingerprint density at radius 3 is 2.50 bits per heavy atom. The molecule has 0 fully saturated rings. The van der Waals surface area contributed by atoms with Gasteiger partial charge in [-0.3, -0.25) is 19.3 Å². The van der Waals surface area contributed by atoms with Crippen molar-refractivity contribution < 1.29 is 18.8 Å². The van der Waals surface area contributed by atoms with Crippen molar-refractivity contribution in [1.29, 1.82) is 0 Å². The molecule has 5 nitrogen and oxygen atoms in total. The predicted molar refractivity (Wildman–Crippen MR) is 86.3 cm³/mol. The van der Waals surface area contributed by atoms with E-state index in [2.05, 4.69) is 5.32 Å². The maximum atomic E-state index is 12.9. The van der Waals surface area contributed by atoms with Crippen LogP contribution in [0.4, 0.5) is 10.1 Å². The number of fused-ring (bicyclic) bond motifs is 1. The molecule has 1 unspecified atom stereocenters. The van der Waals surface area contributed by atoms with Crippen molar-refractivity contribution in [1.82, 2.24) is 4.90 Å². The first kappa shape index (κ1) is 16.1. The van der Waals surface area contributed by atoms with Crippen LogP contribution in [-0.2, 0) is 9.59 Å². The molecule has 0 radical (unpaired) electrons. The van der Waals surface area contributed by atoms with Gasteiger partial charge in [-0.2, -0.15) is 0 Å². The molecule has 24 heavy (non-hydrogen) atoms. The molecule has 2 aromatic rings. The van der Waals surface area contributed by atoms with Crippen LogP contribution < -0.4 is 5.32 Å². The maximum absolute atomic E-state index is 12.9. The minimum Gasteiger partial charge on any atom is -0.325 e. The Labute approximate surface area is 142 Å². The van der Waals surface area contributed by atoms with Crippen LogP contribution in [-0.4, -0.2) is 29.7 Å². The SMILES string of the molecule is CN1C(=O)c2cc(Cl)ccc2C(C(=O)Nc2ccc(F)cc2)C1=O. The van der Waals surface area contributed by atoms with E-state index in [9.17, 15) is 18.8 Å². The highest BCUT2D eigenvalue weighted by atomic mass is 35.5. The summed E-state index contributed by atoms with van der Waals surface area (Å²) in [6, 6.07) is 9.61. The number of hydrogen-bond donors (Lipinski definition) is 1. The fraction of sp³-hybridized carbons (Fsp3) is 0.118. The summed E-state index contributed by atoms with van der Waals surface area (Å²) < 4.78 is 12.9. The van der Waals surface area contributed by atoms with Crippen LogP contribution >= 0.6 is 11.6 Å². The van der Waals surface area contributed by atoms with Gasteiger partial charge in [0.2, 0.25) is 11.8 Å². The molecule has 7 heteroatoms. The van der Waals surface area contributed by atoms with E-state index in [0.29, 0.717) is 16.3 Å². The van der Waals surface area contributed by atoms with Gasteiger partial charge in [0.15, 0.2) is 0 Å².